The minimum absolute atomic E-state index is 0.0500. The number of thiazole rings is 1. The molecular weight excluding hydrogens is 516 g/mol. The van der Waals surface area contributed by atoms with Crippen molar-refractivity contribution >= 4 is 28.7 Å². The lowest BCUT2D eigenvalue weighted by molar-refractivity contribution is -0.683. The molecule has 3 aromatic rings. The number of hydrogen-bond donors (Lipinski definition) is 1. The molecule has 1 heterocycles. The van der Waals surface area contributed by atoms with Crippen LogP contribution in [0.1, 0.15) is 112 Å². The predicted molar refractivity (Wildman–Crippen MR) is 165 cm³/mol. The smallest absolute Gasteiger partial charge is 0.228 e. The molecule has 1 aromatic heterocycles. The Morgan fingerprint density at radius 2 is 1.50 bits per heavy atom. The Labute approximate surface area is 245 Å². The molecule has 0 unspecified atom stereocenters. The molecule has 5 nitrogen and oxygen atoms in total. The standard InChI is InChI=1S/C34H46N2O3S/c1-3-4-5-6-7-8-9-10-11-12-13-14-23-39-34-30(16-15-17-32(34)28(2)37)25-33(38)35-31-20-18-29(19-21-31)26-36-22-24-40-27-36/h15-22,24,27H,3-14,23,25-26H2,1-2H3/p+1. The summed E-state index contributed by atoms with van der Waals surface area (Å²) in [6.07, 6.45) is 17.6. The third-order valence-electron chi connectivity index (χ3n) is 7.20. The van der Waals surface area contributed by atoms with Gasteiger partial charge in [0.25, 0.3) is 0 Å². The molecule has 0 atom stereocenters. The molecule has 0 aliphatic carbocycles. The molecule has 1 amide bonds. The molecule has 40 heavy (non-hydrogen) atoms. The van der Waals surface area contributed by atoms with E-state index in [2.05, 4.69) is 22.3 Å². The first kappa shape index (κ1) is 31.5. The Morgan fingerprint density at radius 1 is 0.850 bits per heavy atom. The minimum atomic E-state index is -0.129. The van der Waals surface area contributed by atoms with E-state index in [0.717, 1.165) is 30.6 Å². The van der Waals surface area contributed by atoms with Gasteiger partial charge in [0, 0.05) is 16.8 Å². The van der Waals surface area contributed by atoms with Crippen LogP contribution in [0, 0.1) is 0 Å². The Kier molecular flexibility index (Phi) is 14.5. The van der Waals surface area contributed by atoms with E-state index >= 15 is 0 Å². The third-order valence-corrected chi connectivity index (χ3v) is 7.87. The van der Waals surface area contributed by atoms with E-state index in [0.29, 0.717) is 17.9 Å². The van der Waals surface area contributed by atoms with Crippen LogP contribution >= 0.6 is 11.3 Å². The molecule has 3 rings (SSSR count). The second-order valence-corrected chi connectivity index (χ2v) is 11.5. The molecule has 0 spiro atoms. The van der Waals surface area contributed by atoms with Crippen molar-refractivity contribution in [2.24, 2.45) is 0 Å². The topological polar surface area (TPSA) is 59.3 Å². The number of carbonyl (C=O) groups is 2. The summed E-state index contributed by atoms with van der Waals surface area (Å²) in [6, 6.07) is 13.4. The number of benzene rings is 2. The fourth-order valence-corrected chi connectivity index (χ4v) is 5.52. The summed E-state index contributed by atoms with van der Waals surface area (Å²) in [6.45, 7) is 5.17. The van der Waals surface area contributed by atoms with Gasteiger partial charge >= 0.3 is 0 Å². The van der Waals surface area contributed by atoms with Crippen molar-refractivity contribution in [3.05, 3.63) is 76.2 Å². The summed E-state index contributed by atoms with van der Waals surface area (Å²) in [5, 5.41) is 5.03. The van der Waals surface area contributed by atoms with E-state index in [9.17, 15) is 9.59 Å². The van der Waals surface area contributed by atoms with Gasteiger partial charge in [-0.1, -0.05) is 113 Å². The molecule has 216 valence electrons. The lowest BCUT2D eigenvalue weighted by atomic mass is 10.0. The number of nitrogens with zero attached hydrogens (tertiary/aromatic N) is 1. The largest absolute Gasteiger partial charge is 0.493 e. The first-order valence-electron chi connectivity index (χ1n) is 15.1. The predicted octanol–water partition coefficient (Wildman–Crippen LogP) is 8.55. The highest BCUT2D eigenvalue weighted by Crippen LogP contribution is 2.26. The maximum Gasteiger partial charge on any atom is 0.228 e. The Bertz CT molecular complexity index is 1140. The first-order chi connectivity index (χ1) is 19.6. The van der Waals surface area contributed by atoms with E-state index in [1.165, 1.54) is 69.8 Å². The van der Waals surface area contributed by atoms with Gasteiger partial charge in [-0.25, -0.2) is 0 Å². The van der Waals surface area contributed by atoms with Gasteiger partial charge in [0.1, 0.15) is 5.75 Å². The molecule has 0 aliphatic rings. The average molecular weight is 564 g/mol. The van der Waals surface area contributed by atoms with Gasteiger partial charge in [0.2, 0.25) is 11.4 Å². The number of amides is 1. The highest BCUT2D eigenvalue weighted by Gasteiger charge is 2.16. The number of Topliss-reactive ketones (excluding diaryl/α,β-unsaturated/α-hetero) is 1. The Balaban J connectivity index is 1.41. The minimum Gasteiger partial charge on any atom is -0.493 e. The third kappa shape index (κ3) is 11.6. The summed E-state index contributed by atoms with van der Waals surface area (Å²) in [4.78, 5) is 25.2. The second-order valence-electron chi connectivity index (χ2n) is 10.7. The van der Waals surface area contributed by atoms with Crippen LogP contribution in [-0.4, -0.2) is 18.3 Å². The monoisotopic (exact) mass is 563 g/mol. The van der Waals surface area contributed by atoms with Gasteiger partial charge in [-0.3, -0.25) is 9.59 Å². The SMILES string of the molecule is CCCCCCCCCCCCCCOc1c(CC(=O)Nc2ccc(C[n+]3ccsc3)cc2)cccc1C(C)=O. The number of anilines is 1. The number of ketones is 1. The fourth-order valence-electron chi connectivity index (χ4n) is 4.92. The lowest BCUT2D eigenvalue weighted by Gasteiger charge is -2.15. The van der Waals surface area contributed by atoms with Gasteiger partial charge in [-0.05, 0) is 31.5 Å². The Morgan fingerprint density at radius 3 is 2.10 bits per heavy atom. The number of para-hydroxylation sites is 1. The number of ether oxygens (including phenoxy) is 1. The fraction of sp³-hybridized carbons (Fsp3) is 0.500. The van der Waals surface area contributed by atoms with Crippen LogP contribution in [-0.2, 0) is 17.8 Å². The number of nitrogens with one attached hydrogen (secondary N) is 1. The quantitative estimate of drug-likeness (QED) is 0.0851. The second kappa shape index (κ2) is 18.4. The number of unbranched alkanes of at least 4 members (excludes halogenated alkanes) is 11. The summed E-state index contributed by atoms with van der Waals surface area (Å²) < 4.78 is 8.26. The zero-order chi connectivity index (χ0) is 28.4. The van der Waals surface area contributed by atoms with Gasteiger partial charge < -0.3 is 10.1 Å². The number of hydrogen-bond acceptors (Lipinski definition) is 4. The molecular formula is C34H47N2O3S+. The molecule has 0 radical (unpaired) electrons. The average Bonchev–Trinajstić information content (AvgIpc) is 3.46. The van der Waals surface area contributed by atoms with E-state index in [1.54, 1.807) is 24.3 Å². The number of carbonyl (C=O) groups excluding carboxylic acids is 2. The summed E-state index contributed by atoms with van der Waals surface area (Å²) >= 11 is 1.66. The molecule has 0 bridgehead atoms. The molecule has 6 heteroatoms. The maximum absolute atomic E-state index is 12.9. The number of rotatable bonds is 20. The lowest BCUT2D eigenvalue weighted by Crippen LogP contribution is -2.30. The van der Waals surface area contributed by atoms with Crippen LogP contribution in [0.25, 0.3) is 0 Å². The molecule has 0 fully saturated rings. The first-order valence-corrected chi connectivity index (χ1v) is 16.1. The van der Waals surface area contributed by atoms with Gasteiger partial charge in [0.15, 0.2) is 18.5 Å². The Hall–Kier alpha value is -2.99. The van der Waals surface area contributed by atoms with E-state index in [4.69, 9.17) is 4.74 Å². The van der Waals surface area contributed by atoms with Crippen LogP contribution in [0.15, 0.2) is 59.6 Å². The van der Waals surface area contributed by atoms with Crippen molar-refractivity contribution in [1.82, 2.24) is 0 Å². The van der Waals surface area contributed by atoms with Crippen LogP contribution in [0.5, 0.6) is 5.75 Å². The molecule has 0 saturated carbocycles. The van der Waals surface area contributed by atoms with E-state index in [-0.39, 0.29) is 18.1 Å². The zero-order valence-corrected chi connectivity index (χ0v) is 25.3. The summed E-state index contributed by atoms with van der Waals surface area (Å²) in [7, 11) is 0. The van der Waals surface area contributed by atoms with Crippen LogP contribution in [0.2, 0.25) is 0 Å². The van der Waals surface area contributed by atoms with Crippen molar-refractivity contribution in [3.8, 4) is 5.75 Å². The molecule has 0 aliphatic heterocycles. The van der Waals surface area contributed by atoms with Gasteiger partial charge in [0.05, 0.1) is 24.0 Å². The van der Waals surface area contributed by atoms with Gasteiger partial charge in [-0.2, -0.15) is 4.57 Å². The van der Waals surface area contributed by atoms with Crippen LogP contribution in [0.3, 0.4) is 0 Å². The van der Waals surface area contributed by atoms with Crippen molar-refractivity contribution in [1.29, 1.82) is 0 Å². The van der Waals surface area contributed by atoms with E-state index in [1.807, 2.05) is 48.0 Å². The van der Waals surface area contributed by atoms with Crippen LogP contribution < -0.4 is 14.6 Å². The highest BCUT2D eigenvalue weighted by atomic mass is 32.1. The number of aromatic nitrogens is 1. The molecule has 0 saturated heterocycles. The highest BCUT2D eigenvalue weighted by molar-refractivity contribution is 7.07. The molecule has 1 N–H and O–H groups in total. The van der Waals surface area contributed by atoms with Crippen molar-refractivity contribution < 1.29 is 18.9 Å². The van der Waals surface area contributed by atoms with Crippen molar-refractivity contribution in [2.75, 3.05) is 11.9 Å². The van der Waals surface area contributed by atoms with Crippen molar-refractivity contribution in [3.63, 3.8) is 0 Å². The van der Waals surface area contributed by atoms with Gasteiger partial charge in [-0.15, -0.1) is 0 Å². The zero-order valence-electron chi connectivity index (χ0n) is 24.5. The maximum atomic E-state index is 12.9. The van der Waals surface area contributed by atoms with E-state index < -0.39 is 0 Å². The normalized spacial score (nSPS) is 10.9. The van der Waals surface area contributed by atoms with Crippen LogP contribution in [0.4, 0.5) is 5.69 Å². The summed E-state index contributed by atoms with van der Waals surface area (Å²) in [5.41, 5.74) is 5.28. The van der Waals surface area contributed by atoms with Crippen molar-refractivity contribution in [2.45, 2.75) is 104 Å². The summed E-state index contributed by atoms with van der Waals surface area (Å²) in [5.74, 6) is 0.373. The molecule has 2 aromatic carbocycles.